The Morgan fingerprint density at radius 1 is 0.553 bits per heavy atom. The van der Waals surface area contributed by atoms with Crippen LogP contribution in [0.3, 0.4) is 0 Å². The molecule has 0 aliphatic heterocycles. The van der Waals surface area contributed by atoms with Crippen molar-refractivity contribution in [3.63, 3.8) is 0 Å². The van der Waals surface area contributed by atoms with Crippen molar-refractivity contribution < 1.29 is 0 Å². The van der Waals surface area contributed by atoms with Gasteiger partial charge in [-0.15, -0.1) is 0 Å². The molecular weight excluding hydrogens is 571 g/mol. The van der Waals surface area contributed by atoms with Gasteiger partial charge in [-0.3, -0.25) is 4.98 Å². The lowest BCUT2D eigenvalue weighted by Gasteiger charge is -2.19. The van der Waals surface area contributed by atoms with Crippen molar-refractivity contribution in [2.24, 2.45) is 0 Å². The summed E-state index contributed by atoms with van der Waals surface area (Å²) in [5, 5.41) is 7.59. The number of hydrogen-bond acceptors (Lipinski definition) is 3. The SMILES string of the molecule is C1=Cc2c(c(-c3cc(Cc4cc5ccccc5c5ccccc45)nc(-c4ccc(-c5ccccn5)cc4)n3)cc3ccccc23)CC1. The van der Waals surface area contributed by atoms with Crippen LogP contribution in [0.25, 0.3) is 72.3 Å². The Kier molecular flexibility index (Phi) is 6.68. The first-order valence-corrected chi connectivity index (χ1v) is 16.3. The molecule has 47 heavy (non-hydrogen) atoms. The average Bonchev–Trinajstić information content (AvgIpc) is 3.15. The van der Waals surface area contributed by atoms with Crippen molar-refractivity contribution >= 4 is 38.4 Å². The minimum atomic E-state index is 0.704. The van der Waals surface area contributed by atoms with Crippen LogP contribution in [0.5, 0.6) is 0 Å². The maximum absolute atomic E-state index is 5.29. The summed E-state index contributed by atoms with van der Waals surface area (Å²) in [6.07, 6.45) is 9.15. The molecule has 0 fully saturated rings. The van der Waals surface area contributed by atoms with Gasteiger partial charge in [-0.25, -0.2) is 9.97 Å². The zero-order valence-corrected chi connectivity index (χ0v) is 25.9. The van der Waals surface area contributed by atoms with Gasteiger partial charge < -0.3 is 0 Å². The molecule has 3 nitrogen and oxygen atoms in total. The van der Waals surface area contributed by atoms with Crippen molar-refractivity contribution in [2.45, 2.75) is 19.3 Å². The van der Waals surface area contributed by atoms with Crippen LogP contribution in [0.15, 0.2) is 146 Å². The summed E-state index contributed by atoms with van der Waals surface area (Å²) < 4.78 is 0. The summed E-state index contributed by atoms with van der Waals surface area (Å²) in [6, 6.07) is 47.5. The lowest BCUT2D eigenvalue weighted by molar-refractivity contribution is 0.986. The van der Waals surface area contributed by atoms with Crippen LogP contribution in [0, 0.1) is 0 Å². The molecule has 0 radical (unpaired) electrons. The Balaban J connectivity index is 1.23. The fraction of sp³-hybridized carbons (Fsp3) is 0.0682. The molecule has 0 unspecified atom stereocenters. The normalized spacial score (nSPS) is 12.5. The number of benzene rings is 6. The number of hydrogen-bond donors (Lipinski definition) is 0. The quantitative estimate of drug-likeness (QED) is 0.184. The Morgan fingerprint density at radius 2 is 1.26 bits per heavy atom. The maximum Gasteiger partial charge on any atom is 0.160 e. The smallest absolute Gasteiger partial charge is 0.160 e. The maximum atomic E-state index is 5.29. The van der Waals surface area contributed by atoms with E-state index in [0.29, 0.717) is 6.42 Å². The predicted octanol–water partition coefficient (Wildman–Crippen LogP) is 10.9. The summed E-state index contributed by atoms with van der Waals surface area (Å²) >= 11 is 0. The number of nitrogens with zero attached hydrogens (tertiary/aromatic N) is 3. The molecule has 2 heterocycles. The molecule has 1 aliphatic rings. The topological polar surface area (TPSA) is 38.7 Å². The fourth-order valence-electron chi connectivity index (χ4n) is 7.19. The van der Waals surface area contributed by atoms with E-state index in [2.05, 4.69) is 132 Å². The monoisotopic (exact) mass is 601 g/mol. The van der Waals surface area contributed by atoms with Gasteiger partial charge in [0.15, 0.2) is 5.82 Å². The van der Waals surface area contributed by atoms with Crippen LogP contribution in [0.1, 0.15) is 28.8 Å². The summed E-state index contributed by atoms with van der Waals surface area (Å²) in [6.45, 7) is 0. The van der Waals surface area contributed by atoms with E-state index in [0.717, 1.165) is 46.9 Å². The van der Waals surface area contributed by atoms with E-state index < -0.39 is 0 Å². The lowest BCUT2D eigenvalue weighted by Crippen LogP contribution is -2.04. The number of aromatic nitrogens is 3. The molecule has 0 amide bonds. The molecule has 2 aromatic heterocycles. The molecule has 0 saturated heterocycles. The molecule has 0 spiro atoms. The second-order valence-corrected chi connectivity index (χ2v) is 12.3. The molecule has 0 N–H and O–H groups in total. The van der Waals surface area contributed by atoms with Crippen molar-refractivity contribution in [1.82, 2.24) is 15.0 Å². The third-order valence-corrected chi connectivity index (χ3v) is 9.43. The van der Waals surface area contributed by atoms with E-state index in [1.165, 1.54) is 54.6 Å². The van der Waals surface area contributed by atoms with E-state index in [-0.39, 0.29) is 0 Å². The van der Waals surface area contributed by atoms with Crippen LogP contribution in [0.4, 0.5) is 0 Å². The highest BCUT2D eigenvalue weighted by Gasteiger charge is 2.19. The highest BCUT2D eigenvalue weighted by atomic mass is 14.9. The summed E-state index contributed by atoms with van der Waals surface area (Å²) in [7, 11) is 0. The number of pyridine rings is 1. The van der Waals surface area contributed by atoms with Crippen molar-refractivity contribution in [1.29, 1.82) is 0 Å². The van der Waals surface area contributed by atoms with Gasteiger partial charge in [-0.2, -0.15) is 0 Å². The van der Waals surface area contributed by atoms with Gasteiger partial charge >= 0.3 is 0 Å². The van der Waals surface area contributed by atoms with Crippen molar-refractivity contribution in [3.05, 3.63) is 168 Å². The van der Waals surface area contributed by atoms with Gasteiger partial charge in [0.25, 0.3) is 0 Å². The molecule has 0 atom stereocenters. The second-order valence-electron chi connectivity index (χ2n) is 12.3. The van der Waals surface area contributed by atoms with Gasteiger partial charge in [0.2, 0.25) is 0 Å². The molecule has 0 bridgehead atoms. The standard InChI is InChI=1S/C44H31N3/c1-3-13-35-31(11-1)25-33(37-15-5-6-16-38(35)37)26-34-28-43(41-27-32-12-2-4-14-36(32)39-17-7-8-18-40(39)41)47-44(46-34)30-22-20-29(21-23-30)42-19-9-10-24-45-42/h1-7,9-17,19-25,27-28H,8,18,26H2. The highest BCUT2D eigenvalue weighted by molar-refractivity contribution is 6.09. The summed E-state index contributed by atoms with van der Waals surface area (Å²) in [5.74, 6) is 0.739. The average molecular weight is 602 g/mol. The van der Waals surface area contributed by atoms with Crippen LogP contribution in [-0.4, -0.2) is 15.0 Å². The van der Waals surface area contributed by atoms with Crippen molar-refractivity contribution in [3.8, 4) is 33.9 Å². The van der Waals surface area contributed by atoms with Crippen LogP contribution in [0.2, 0.25) is 0 Å². The molecule has 0 saturated carbocycles. The Labute approximate surface area is 273 Å². The zero-order valence-electron chi connectivity index (χ0n) is 25.9. The summed E-state index contributed by atoms with van der Waals surface area (Å²) in [4.78, 5) is 15.1. The predicted molar refractivity (Wildman–Crippen MR) is 195 cm³/mol. The first-order valence-electron chi connectivity index (χ1n) is 16.3. The molecule has 1 aliphatic carbocycles. The lowest BCUT2D eigenvalue weighted by atomic mass is 9.86. The Bertz CT molecular complexity index is 2480. The van der Waals surface area contributed by atoms with E-state index in [1.54, 1.807) is 0 Å². The zero-order chi connectivity index (χ0) is 31.2. The molecule has 9 rings (SSSR count). The van der Waals surface area contributed by atoms with E-state index in [4.69, 9.17) is 9.97 Å². The van der Waals surface area contributed by atoms with Gasteiger partial charge in [0.1, 0.15) is 0 Å². The molecule has 6 aromatic carbocycles. The Hall–Kier alpha value is -5.93. The first-order chi connectivity index (χ1) is 23.3. The highest BCUT2D eigenvalue weighted by Crippen LogP contribution is 2.37. The molecule has 222 valence electrons. The van der Waals surface area contributed by atoms with Crippen LogP contribution >= 0.6 is 0 Å². The van der Waals surface area contributed by atoms with Crippen LogP contribution < -0.4 is 0 Å². The fourth-order valence-corrected chi connectivity index (χ4v) is 7.19. The van der Waals surface area contributed by atoms with Crippen molar-refractivity contribution in [2.75, 3.05) is 0 Å². The van der Waals surface area contributed by atoms with Gasteiger partial charge in [-0.05, 0) is 86.1 Å². The van der Waals surface area contributed by atoms with Gasteiger partial charge in [0.05, 0.1) is 11.4 Å². The van der Waals surface area contributed by atoms with E-state index in [9.17, 15) is 0 Å². The third-order valence-electron chi connectivity index (χ3n) is 9.43. The van der Waals surface area contributed by atoms with Crippen LogP contribution in [-0.2, 0) is 12.8 Å². The van der Waals surface area contributed by atoms with E-state index in [1.807, 2.05) is 24.4 Å². The largest absolute Gasteiger partial charge is 0.256 e. The molecule has 3 heteroatoms. The number of allylic oxidation sites excluding steroid dienone is 1. The molecule has 8 aromatic rings. The minimum absolute atomic E-state index is 0.704. The third kappa shape index (κ3) is 4.97. The molecular formula is C44H31N3. The number of rotatable bonds is 5. The van der Waals surface area contributed by atoms with E-state index >= 15 is 0 Å². The Morgan fingerprint density at radius 3 is 2.06 bits per heavy atom. The van der Waals surface area contributed by atoms with Gasteiger partial charge in [0, 0.05) is 35.0 Å². The summed E-state index contributed by atoms with van der Waals surface area (Å²) in [5.41, 5.74) is 10.1. The van der Waals surface area contributed by atoms with Gasteiger partial charge in [-0.1, -0.05) is 121 Å². The first kappa shape index (κ1) is 27.4. The minimum Gasteiger partial charge on any atom is -0.256 e. The second kappa shape index (κ2) is 11.5. The number of fused-ring (bicyclic) bond motifs is 6.